The zero-order chi connectivity index (χ0) is 18.4. The van der Waals surface area contributed by atoms with E-state index in [0.29, 0.717) is 21.4 Å². The van der Waals surface area contributed by atoms with Crippen LogP contribution in [0.4, 0.5) is 0 Å². The number of amides is 1. The van der Waals surface area contributed by atoms with Crippen molar-refractivity contribution in [2.24, 2.45) is 0 Å². The molecule has 0 saturated heterocycles. The topological polar surface area (TPSA) is 94.1 Å². The van der Waals surface area contributed by atoms with E-state index < -0.39 is 5.97 Å². The van der Waals surface area contributed by atoms with Gasteiger partial charge in [-0.2, -0.15) is 0 Å². The number of aryl methyl sites for hydroxylation is 1. The highest BCUT2D eigenvalue weighted by atomic mass is 32.1. The number of nitrogens with one attached hydrogen (secondary N) is 1. The van der Waals surface area contributed by atoms with Crippen LogP contribution >= 0.6 is 11.3 Å². The van der Waals surface area contributed by atoms with Crippen LogP contribution in [0.5, 0.6) is 0 Å². The molecule has 1 fully saturated rings. The summed E-state index contributed by atoms with van der Waals surface area (Å²) in [5, 5.41) is 3.52. The summed E-state index contributed by atoms with van der Waals surface area (Å²) in [5.41, 5.74) is 0.548. The molecule has 0 radical (unpaired) electrons. The van der Waals surface area contributed by atoms with E-state index in [4.69, 9.17) is 4.74 Å². The summed E-state index contributed by atoms with van der Waals surface area (Å²) in [6, 6.07) is 1.90. The van der Waals surface area contributed by atoms with Crippen LogP contribution in [0.2, 0.25) is 0 Å². The van der Waals surface area contributed by atoms with Crippen molar-refractivity contribution in [1.82, 2.24) is 20.3 Å². The molecule has 0 bridgehead atoms. The molecule has 8 heteroatoms. The lowest BCUT2D eigenvalue weighted by Crippen LogP contribution is -2.37. The number of esters is 1. The molecule has 2 heterocycles. The van der Waals surface area contributed by atoms with Crippen molar-refractivity contribution >= 4 is 23.2 Å². The Balaban J connectivity index is 1.55. The zero-order valence-electron chi connectivity index (χ0n) is 14.7. The van der Waals surface area contributed by atoms with Crippen LogP contribution in [0, 0.1) is 6.92 Å². The van der Waals surface area contributed by atoms with Crippen LogP contribution in [0.25, 0.3) is 10.8 Å². The first-order valence-electron chi connectivity index (χ1n) is 8.85. The first-order valence-corrected chi connectivity index (χ1v) is 9.66. The molecule has 3 rings (SSSR count). The van der Waals surface area contributed by atoms with Gasteiger partial charge in [0.05, 0.1) is 5.69 Å². The number of carbonyl (C=O) groups is 2. The molecule has 2 aromatic rings. The van der Waals surface area contributed by atoms with Crippen LogP contribution in [0.15, 0.2) is 18.5 Å². The largest absolute Gasteiger partial charge is 0.451 e. The van der Waals surface area contributed by atoms with E-state index in [1.165, 1.54) is 24.2 Å². The predicted octanol–water partition coefficient (Wildman–Crippen LogP) is 2.90. The Morgan fingerprint density at radius 2 is 1.88 bits per heavy atom. The number of aromatic nitrogens is 3. The number of hydrogen-bond donors (Lipinski definition) is 1. The minimum Gasteiger partial charge on any atom is -0.451 e. The van der Waals surface area contributed by atoms with Gasteiger partial charge in [-0.3, -0.25) is 4.79 Å². The van der Waals surface area contributed by atoms with Crippen LogP contribution in [0.3, 0.4) is 0 Å². The summed E-state index contributed by atoms with van der Waals surface area (Å²) in [6.45, 7) is 1.45. The monoisotopic (exact) mass is 374 g/mol. The maximum absolute atomic E-state index is 12.3. The second-order valence-corrected chi connectivity index (χ2v) is 7.34. The summed E-state index contributed by atoms with van der Waals surface area (Å²) in [6.07, 6.45) is 9.94. The van der Waals surface area contributed by atoms with Crippen molar-refractivity contribution in [1.29, 1.82) is 0 Å². The van der Waals surface area contributed by atoms with Crippen molar-refractivity contribution in [2.45, 2.75) is 51.5 Å². The predicted molar refractivity (Wildman–Crippen MR) is 97.8 cm³/mol. The molecular formula is C18H22N4O3S. The molecule has 138 valence electrons. The molecule has 1 saturated carbocycles. The van der Waals surface area contributed by atoms with Gasteiger partial charge >= 0.3 is 5.97 Å². The van der Waals surface area contributed by atoms with Gasteiger partial charge in [-0.25, -0.2) is 19.7 Å². The van der Waals surface area contributed by atoms with E-state index in [2.05, 4.69) is 20.3 Å². The van der Waals surface area contributed by atoms with Crippen molar-refractivity contribution in [3.63, 3.8) is 0 Å². The lowest BCUT2D eigenvalue weighted by atomic mass is 10.1. The Bertz CT molecular complexity index is 755. The summed E-state index contributed by atoms with van der Waals surface area (Å²) < 4.78 is 5.17. The first kappa shape index (κ1) is 18.4. The van der Waals surface area contributed by atoms with Gasteiger partial charge in [0.2, 0.25) is 0 Å². The maximum Gasteiger partial charge on any atom is 0.350 e. The zero-order valence-corrected chi connectivity index (χ0v) is 15.6. The number of nitrogens with zero attached hydrogens (tertiary/aromatic N) is 3. The Hall–Kier alpha value is -2.35. The van der Waals surface area contributed by atoms with E-state index in [-0.39, 0.29) is 18.6 Å². The van der Waals surface area contributed by atoms with Crippen LogP contribution in [-0.4, -0.2) is 39.5 Å². The minimum absolute atomic E-state index is 0.190. The fraction of sp³-hybridized carbons (Fsp3) is 0.500. The second-order valence-electron chi connectivity index (χ2n) is 6.34. The fourth-order valence-electron chi connectivity index (χ4n) is 2.98. The number of rotatable bonds is 5. The number of thiazole rings is 1. The average Bonchev–Trinajstić information content (AvgIpc) is 2.86. The Kier molecular flexibility index (Phi) is 6.27. The Morgan fingerprint density at radius 1 is 1.19 bits per heavy atom. The molecule has 0 aliphatic heterocycles. The summed E-state index contributed by atoms with van der Waals surface area (Å²) in [5.74, 6) is -0.331. The Morgan fingerprint density at radius 3 is 2.58 bits per heavy atom. The number of carbonyl (C=O) groups excluding carboxylic acids is 2. The van der Waals surface area contributed by atoms with Gasteiger partial charge < -0.3 is 10.1 Å². The summed E-state index contributed by atoms with van der Waals surface area (Å²) >= 11 is 1.17. The highest BCUT2D eigenvalue weighted by Crippen LogP contribution is 2.25. The van der Waals surface area contributed by atoms with Crippen molar-refractivity contribution in [3.05, 3.63) is 29.0 Å². The fourth-order valence-corrected chi connectivity index (χ4v) is 3.89. The van der Waals surface area contributed by atoms with Gasteiger partial charge in [-0.15, -0.1) is 11.3 Å². The SMILES string of the molecule is Cc1nc(-c2ncccn2)sc1C(=O)OCC(=O)NC1CCCCCC1. The standard InChI is InChI=1S/C18H22N4O3S/c1-12-15(26-17(21-12)16-19-9-6-10-20-16)18(24)25-11-14(23)22-13-7-4-2-3-5-8-13/h6,9-10,13H,2-5,7-8,11H2,1H3,(H,22,23). The summed E-state index contributed by atoms with van der Waals surface area (Å²) in [4.78, 5) is 37.3. The molecule has 0 aromatic carbocycles. The number of hydrogen-bond acceptors (Lipinski definition) is 7. The van der Waals surface area contributed by atoms with Gasteiger partial charge in [0.15, 0.2) is 17.4 Å². The third kappa shape index (κ3) is 4.85. The molecule has 26 heavy (non-hydrogen) atoms. The van der Waals surface area contributed by atoms with E-state index in [9.17, 15) is 9.59 Å². The van der Waals surface area contributed by atoms with Crippen LogP contribution < -0.4 is 5.32 Å². The quantitative estimate of drug-likeness (QED) is 0.639. The van der Waals surface area contributed by atoms with Gasteiger partial charge in [0.1, 0.15) is 4.88 Å². The molecule has 1 amide bonds. The van der Waals surface area contributed by atoms with Gasteiger partial charge in [-0.1, -0.05) is 25.7 Å². The molecule has 7 nitrogen and oxygen atoms in total. The van der Waals surface area contributed by atoms with Gasteiger partial charge in [0, 0.05) is 18.4 Å². The molecule has 2 aromatic heterocycles. The minimum atomic E-state index is -0.543. The normalized spacial score (nSPS) is 15.3. The number of ether oxygens (including phenoxy) is 1. The molecule has 0 atom stereocenters. The van der Waals surface area contributed by atoms with Crippen LogP contribution in [-0.2, 0) is 9.53 Å². The second kappa shape index (κ2) is 8.84. The Labute approximate surface area is 156 Å². The molecular weight excluding hydrogens is 352 g/mol. The van der Waals surface area contributed by atoms with Gasteiger partial charge in [0.25, 0.3) is 5.91 Å². The third-order valence-corrected chi connectivity index (χ3v) is 5.43. The van der Waals surface area contributed by atoms with Crippen molar-refractivity contribution in [2.75, 3.05) is 6.61 Å². The molecule has 1 aliphatic carbocycles. The van der Waals surface area contributed by atoms with E-state index in [1.54, 1.807) is 25.4 Å². The third-order valence-electron chi connectivity index (χ3n) is 4.29. The van der Waals surface area contributed by atoms with E-state index in [0.717, 1.165) is 25.7 Å². The molecule has 0 unspecified atom stereocenters. The highest BCUT2D eigenvalue weighted by molar-refractivity contribution is 7.16. The highest BCUT2D eigenvalue weighted by Gasteiger charge is 2.20. The average molecular weight is 374 g/mol. The van der Waals surface area contributed by atoms with Crippen molar-refractivity contribution in [3.8, 4) is 10.8 Å². The van der Waals surface area contributed by atoms with Crippen LogP contribution in [0.1, 0.15) is 53.9 Å². The molecule has 1 aliphatic rings. The molecule has 0 spiro atoms. The molecule has 1 N–H and O–H groups in total. The van der Waals surface area contributed by atoms with E-state index >= 15 is 0 Å². The van der Waals surface area contributed by atoms with Gasteiger partial charge in [-0.05, 0) is 25.8 Å². The smallest absolute Gasteiger partial charge is 0.350 e. The maximum atomic E-state index is 12.3. The van der Waals surface area contributed by atoms with Crippen molar-refractivity contribution < 1.29 is 14.3 Å². The first-order chi connectivity index (χ1) is 12.6. The lowest BCUT2D eigenvalue weighted by molar-refractivity contribution is -0.125. The summed E-state index contributed by atoms with van der Waals surface area (Å²) in [7, 11) is 0. The van der Waals surface area contributed by atoms with E-state index in [1.807, 2.05) is 0 Å². The lowest BCUT2D eigenvalue weighted by Gasteiger charge is -2.15.